The lowest BCUT2D eigenvalue weighted by Gasteiger charge is -2.27. The maximum atomic E-state index is 12.0. The first kappa shape index (κ1) is 18.9. The number of piperidine rings is 1. The van der Waals surface area contributed by atoms with Crippen molar-refractivity contribution in [2.75, 3.05) is 32.1 Å². The number of aryl methyl sites for hydroxylation is 2. The Morgan fingerprint density at radius 2 is 1.88 bits per heavy atom. The van der Waals surface area contributed by atoms with E-state index in [9.17, 15) is 14.4 Å². The first-order valence-electron chi connectivity index (χ1n) is 8.48. The minimum Gasteiger partial charge on any atom is -0.469 e. The number of anilines is 1. The van der Waals surface area contributed by atoms with Crippen LogP contribution in [0.2, 0.25) is 0 Å². The van der Waals surface area contributed by atoms with Crippen LogP contribution in [0.15, 0.2) is 18.2 Å². The number of esters is 1. The van der Waals surface area contributed by atoms with Crippen LogP contribution in [0.3, 0.4) is 0 Å². The second-order valence-electron chi connectivity index (χ2n) is 6.54. The van der Waals surface area contributed by atoms with Crippen LogP contribution in [0, 0.1) is 19.8 Å². The van der Waals surface area contributed by atoms with Crippen molar-refractivity contribution in [3.63, 3.8) is 0 Å². The maximum Gasteiger partial charge on any atom is 0.326 e. The molecule has 0 spiro atoms. The average molecular weight is 348 g/mol. The van der Waals surface area contributed by atoms with Crippen molar-refractivity contribution in [1.29, 1.82) is 0 Å². The van der Waals surface area contributed by atoms with Crippen LogP contribution in [-0.4, -0.2) is 44.7 Å². The minimum absolute atomic E-state index is 0.0791. The number of hydrogen-bond acceptors (Lipinski definition) is 4. The van der Waals surface area contributed by atoms with Gasteiger partial charge in [0.05, 0.1) is 26.1 Å². The van der Waals surface area contributed by atoms with Crippen LogP contribution < -0.4 is 15.5 Å². The molecule has 1 fully saturated rings. The Kier molecular flexibility index (Phi) is 6.52. The molecule has 3 amide bonds. The van der Waals surface area contributed by atoms with Crippen molar-refractivity contribution < 1.29 is 24.0 Å². The highest BCUT2D eigenvalue weighted by Gasteiger charge is 2.29. The summed E-state index contributed by atoms with van der Waals surface area (Å²) in [5.41, 5.74) is 2.73. The molecule has 0 saturated carbocycles. The standard InChI is InChI=1S/C18H25N3O4/c1-12-4-5-15(13(2)10-12)19-18(24)20-16(22)11-21-8-6-14(7-9-21)17(23)25-3/h4-5,10,14H,6-9,11H2,1-3H3,(H2,19,20,22,24)/p+1. The number of rotatable bonds is 4. The molecular formula is C18H26N3O4+. The molecular weight excluding hydrogens is 322 g/mol. The lowest BCUT2D eigenvalue weighted by Crippen LogP contribution is -3.14. The van der Waals surface area contributed by atoms with Gasteiger partial charge in [0.25, 0.3) is 5.91 Å². The molecule has 0 unspecified atom stereocenters. The molecule has 1 saturated heterocycles. The zero-order valence-electron chi connectivity index (χ0n) is 15.0. The number of hydrogen-bond donors (Lipinski definition) is 3. The third kappa shape index (κ3) is 5.56. The number of likely N-dealkylation sites (tertiary alicyclic amines) is 1. The van der Waals surface area contributed by atoms with Crippen molar-refractivity contribution in [2.45, 2.75) is 26.7 Å². The number of quaternary nitrogens is 1. The van der Waals surface area contributed by atoms with Gasteiger partial charge in [0.1, 0.15) is 0 Å². The van der Waals surface area contributed by atoms with E-state index in [-0.39, 0.29) is 24.3 Å². The number of carbonyl (C=O) groups is 3. The SMILES string of the molecule is COC(=O)C1CC[NH+](CC(=O)NC(=O)Nc2ccc(C)cc2C)CC1. The number of imide groups is 1. The van der Waals surface area contributed by atoms with E-state index in [0.29, 0.717) is 31.6 Å². The highest BCUT2D eigenvalue weighted by Crippen LogP contribution is 2.15. The summed E-state index contributed by atoms with van der Waals surface area (Å²) in [6.45, 7) is 5.53. The van der Waals surface area contributed by atoms with Crippen molar-refractivity contribution >= 4 is 23.6 Å². The predicted molar refractivity (Wildman–Crippen MR) is 93.4 cm³/mol. The lowest BCUT2D eigenvalue weighted by atomic mass is 9.97. The molecule has 7 heteroatoms. The van der Waals surface area contributed by atoms with E-state index >= 15 is 0 Å². The quantitative estimate of drug-likeness (QED) is 0.688. The summed E-state index contributed by atoms with van der Waals surface area (Å²) in [7, 11) is 1.39. The van der Waals surface area contributed by atoms with E-state index in [1.54, 1.807) is 0 Å². The van der Waals surface area contributed by atoms with E-state index in [4.69, 9.17) is 4.74 Å². The molecule has 0 radical (unpaired) electrons. The number of ether oxygens (including phenoxy) is 1. The lowest BCUT2D eigenvalue weighted by molar-refractivity contribution is -0.897. The first-order valence-corrected chi connectivity index (χ1v) is 8.48. The minimum atomic E-state index is -0.527. The van der Waals surface area contributed by atoms with Crippen LogP contribution in [0.25, 0.3) is 0 Å². The molecule has 136 valence electrons. The van der Waals surface area contributed by atoms with E-state index in [1.165, 1.54) is 7.11 Å². The van der Waals surface area contributed by atoms with Gasteiger partial charge in [-0.25, -0.2) is 4.79 Å². The summed E-state index contributed by atoms with van der Waals surface area (Å²) in [6.07, 6.45) is 1.40. The smallest absolute Gasteiger partial charge is 0.326 e. The third-order valence-electron chi connectivity index (χ3n) is 4.52. The Morgan fingerprint density at radius 3 is 2.48 bits per heavy atom. The van der Waals surface area contributed by atoms with E-state index < -0.39 is 6.03 Å². The molecule has 1 aromatic rings. The van der Waals surface area contributed by atoms with Gasteiger partial charge in [0, 0.05) is 18.5 Å². The fourth-order valence-corrected chi connectivity index (χ4v) is 3.11. The molecule has 0 aromatic heterocycles. The second kappa shape index (κ2) is 8.62. The summed E-state index contributed by atoms with van der Waals surface area (Å²) < 4.78 is 4.75. The molecule has 0 bridgehead atoms. The highest BCUT2D eigenvalue weighted by atomic mass is 16.5. The topological polar surface area (TPSA) is 88.9 Å². The van der Waals surface area contributed by atoms with Gasteiger partial charge in [-0.05, 0) is 25.5 Å². The molecule has 2 rings (SSSR count). The van der Waals surface area contributed by atoms with Crippen LogP contribution in [0.5, 0.6) is 0 Å². The monoisotopic (exact) mass is 348 g/mol. The Labute approximate surface area is 147 Å². The van der Waals surface area contributed by atoms with Crippen LogP contribution in [-0.2, 0) is 14.3 Å². The van der Waals surface area contributed by atoms with Gasteiger partial charge in [0.15, 0.2) is 6.54 Å². The number of urea groups is 1. The van der Waals surface area contributed by atoms with E-state index in [0.717, 1.165) is 16.0 Å². The second-order valence-corrected chi connectivity index (χ2v) is 6.54. The molecule has 1 aromatic carbocycles. The van der Waals surface area contributed by atoms with Gasteiger partial charge in [0.2, 0.25) is 0 Å². The summed E-state index contributed by atoms with van der Waals surface area (Å²) in [5.74, 6) is -0.588. The number of benzene rings is 1. The largest absolute Gasteiger partial charge is 0.469 e. The van der Waals surface area contributed by atoms with Crippen molar-refractivity contribution in [1.82, 2.24) is 5.32 Å². The molecule has 3 N–H and O–H groups in total. The van der Waals surface area contributed by atoms with Crippen LogP contribution >= 0.6 is 0 Å². The number of methoxy groups -OCH3 is 1. The Morgan fingerprint density at radius 1 is 1.20 bits per heavy atom. The molecule has 0 atom stereocenters. The van der Waals surface area contributed by atoms with E-state index in [1.807, 2.05) is 32.0 Å². The molecule has 1 aliphatic rings. The molecule has 7 nitrogen and oxygen atoms in total. The number of carbonyl (C=O) groups excluding carboxylic acids is 3. The van der Waals surface area contributed by atoms with Gasteiger partial charge in [-0.3, -0.25) is 14.9 Å². The Hall–Kier alpha value is -2.41. The van der Waals surface area contributed by atoms with Crippen molar-refractivity contribution in [3.8, 4) is 0 Å². The van der Waals surface area contributed by atoms with Gasteiger partial charge in [-0.15, -0.1) is 0 Å². The molecule has 25 heavy (non-hydrogen) atoms. The van der Waals surface area contributed by atoms with Crippen LogP contribution in [0.1, 0.15) is 24.0 Å². The predicted octanol–water partition coefficient (Wildman–Crippen LogP) is 0.419. The summed E-state index contributed by atoms with van der Waals surface area (Å²) in [6, 6.07) is 5.16. The van der Waals surface area contributed by atoms with Crippen molar-refractivity contribution in [3.05, 3.63) is 29.3 Å². The van der Waals surface area contributed by atoms with E-state index in [2.05, 4.69) is 10.6 Å². The third-order valence-corrected chi connectivity index (χ3v) is 4.52. The number of amides is 3. The Bertz CT molecular complexity index is 652. The number of nitrogens with one attached hydrogen (secondary N) is 3. The molecule has 1 heterocycles. The molecule has 0 aliphatic carbocycles. The zero-order chi connectivity index (χ0) is 18.4. The summed E-state index contributed by atoms with van der Waals surface area (Å²) in [5, 5.41) is 5.06. The Balaban J connectivity index is 1.76. The van der Waals surface area contributed by atoms with Gasteiger partial charge < -0.3 is 15.0 Å². The zero-order valence-corrected chi connectivity index (χ0v) is 15.0. The fourth-order valence-electron chi connectivity index (χ4n) is 3.11. The van der Waals surface area contributed by atoms with Gasteiger partial charge in [-0.2, -0.15) is 0 Å². The summed E-state index contributed by atoms with van der Waals surface area (Å²) in [4.78, 5) is 36.6. The van der Waals surface area contributed by atoms with Gasteiger partial charge in [-0.1, -0.05) is 17.7 Å². The average Bonchev–Trinajstić information content (AvgIpc) is 2.57. The first-order chi connectivity index (χ1) is 11.9. The fraction of sp³-hybridized carbons (Fsp3) is 0.500. The normalized spacial score (nSPS) is 19.8. The highest BCUT2D eigenvalue weighted by molar-refractivity contribution is 6.01. The molecule has 1 aliphatic heterocycles. The van der Waals surface area contributed by atoms with Crippen molar-refractivity contribution in [2.24, 2.45) is 5.92 Å². The van der Waals surface area contributed by atoms with Gasteiger partial charge >= 0.3 is 12.0 Å². The maximum absolute atomic E-state index is 12.0. The van der Waals surface area contributed by atoms with Crippen LogP contribution in [0.4, 0.5) is 10.5 Å². The summed E-state index contributed by atoms with van der Waals surface area (Å²) >= 11 is 0.